The van der Waals surface area contributed by atoms with Crippen molar-refractivity contribution < 1.29 is 14.7 Å². The fourth-order valence-electron chi connectivity index (χ4n) is 1.20. The summed E-state index contributed by atoms with van der Waals surface area (Å²) in [5.41, 5.74) is -0.0135. The molecule has 0 heterocycles. The number of ketones is 1. The molecule has 0 radical (unpaired) electrons. The molecule has 0 saturated heterocycles. The fraction of sp³-hybridized carbons (Fsp3) is 0.182. The first-order chi connectivity index (χ1) is 7.45. The number of benzene rings is 1. The third kappa shape index (κ3) is 2.67. The maximum Gasteiger partial charge on any atom is 0.335 e. The minimum absolute atomic E-state index is 0.0313. The number of carboxylic acids is 1. The van der Waals surface area contributed by atoms with E-state index in [2.05, 4.69) is 0 Å². The summed E-state index contributed by atoms with van der Waals surface area (Å²) in [6.07, 6.45) is 0.202. The zero-order valence-corrected chi connectivity index (χ0v) is 9.34. The first-order valence-corrected chi connectivity index (χ1v) is 4.99. The smallest absolute Gasteiger partial charge is 0.335 e. The van der Waals surface area contributed by atoms with Gasteiger partial charge in [0.15, 0.2) is 5.78 Å². The second kappa shape index (κ2) is 4.90. The van der Waals surface area contributed by atoms with Gasteiger partial charge >= 0.3 is 5.97 Å². The number of carboxylic acid groups (broad SMARTS) is 1. The van der Waals surface area contributed by atoms with Crippen LogP contribution >= 0.6 is 11.6 Å². The highest BCUT2D eigenvalue weighted by atomic mass is 35.5. The second-order valence-electron chi connectivity index (χ2n) is 3.19. The highest BCUT2D eigenvalue weighted by Gasteiger charge is 2.13. The molecule has 0 unspecified atom stereocenters. The summed E-state index contributed by atoms with van der Waals surface area (Å²) in [6, 6.07) is 3.95. The van der Waals surface area contributed by atoms with Crippen molar-refractivity contribution in [3.8, 4) is 0 Å². The van der Waals surface area contributed by atoms with E-state index in [0.29, 0.717) is 0 Å². The van der Waals surface area contributed by atoms with Gasteiger partial charge in [0.2, 0.25) is 0 Å². The van der Waals surface area contributed by atoms with Gasteiger partial charge in [-0.15, -0.1) is 0 Å². The van der Waals surface area contributed by atoms with Crippen molar-refractivity contribution >= 4 is 29.1 Å². The molecular weight excluding hydrogens is 230 g/mol. The molecule has 1 rings (SSSR count). The molecule has 0 aromatic heterocycles. The molecule has 1 aromatic carbocycles. The summed E-state index contributed by atoms with van der Waals surface area (Å²) < 4.78 is 0. The van der Waals surface area contributed by atoms with Gasteiger partial charge in [-0.1, -0.05) is 18.5 Å². The van der Waals surface area contributed by atoms with Crippen LogP contribution in [0.25, 0.3) is 0 Å². The van der Waals surface area contributed by atoms with Gasteiger partial charge in [-0.25, -0.2) is 4.79 Å². The van der Waals surface area contributed by atoms with Crippen molar-refractivity contribution in [2.24, 2.45) is 0 Å². The van der Waals surface area contributed by atoms with Crippen LogP contribution in [0.15, 0.2) is 18.2 Å². The van der Waals surface area contributed by atoms with E-state index < -0.39 is 5.97 Å². The van der Waals surface area contributed by atoms with E-state index >= 15 is 0 Å². The third-order valence-electron chi connectivity index (χ3n) is 2.03. The fourth-order valence-corrected chi connectivity index (χ4v) is 1.43. The molecule has 0 bridgehead atoms. The van der Waals surface area contributed by atoms with E-state index in [0.717, 1.165) is 0 Å². The summed E-state index contributed by atoms with van der Waals surface area (Å²) in [4.78, 5) is 22.0. The van der Waals surface area contributed by atoms with Crippen LogP contribution in [0.4, 0.5) is 0 Å². The van der Waals surface area contributed by atoms with Gasteiger partial charge in [-0.3, -0.25) is 10.2 Å². The van der Waals surface area contributed by atoms with Gasteiger partial charge in [0.05, 0.1) is 5.56 Å². The largest absolute Gasteiger partial charge is 0.478 e. The Morgan fingerprint density at radius 2 is 1.88 bits per heavy atom. The number of nitrogens with one attached hydrogen (secondary N) is 1. The van der Waals surface area contributed by atoms with Crippen molar-refractivity contribution in [2.45, 2.75) is 13.3 Å². The van der Waals surface area contributed by atoms with Gasteiger partial charge < -0.3 is 5.11 Å². The third-order valence-corrected chi connectivity index (χ3v) is 2.25. The standard InChI is InChI=1S/C11H10ClNO3/c1-2-9(14)10(13)6-3-7(11(15)16)5-8(12)4-6/h3-5,13H,2H2,1H3,(H,15,16). The van der Waals surface area contributed by atoms with Gasteiger partial charge in [0, 0.05) is 17.0 Å². The number of halogens is 1. The topological polar surface area (TPSA) is 78.2 Å². The quantitative estimate of drug-likeness (QED) is 0.792. The van der Waals surface area contributed by atoms with Crippen molar-refractivity contribution in [3.05, 3.63) is 34.3 Å². The number of carbonyl (C=O) groups is 2. The van der Waals surface area contributed by atoms with Crippen LogP contribution in [-0.2, 0) is 4.79 Å². The second-order valence-corrected chi connectivity index (χ2v) is 3.62. The average Bonchev–Trinajstić information content (AvgIpc) is 2.26. The highest BCUT2D eigenvalue weighted by molar-refractivity contribution is 6.45. The van der Waals surface area contributed by atoms with E-state index in [1.54, 1.807) is 6.92 Å². The predicted molar refractivity (Wildman–Crippen MR) is 60.5 cm³/mol. The molecule has 0 fully saturated rings. The van der Waals surface area contributed by atoms with Crippen LogP contribution in [0.1, 0.15) is 29.3 Å². The van der Waals surface area contributed by atoms with Crippen LogP contribution in [0.5, 0.6) is 0 Å². The van der Waals surface area contributed by atoms with Crippen molar-refractivity contribution in [2.75, 3.05) is 0 Å². The van der Waals surface area contributed by atoms with Crippen LogP contribution < -0.4 is 0 Å². The summed E-state index contributed by atoms with van der Waals surface area (Å²) in [6.45, 7) is 1.64. The van der Waals surface area contributed by atoms with Crippen LogP contribution in [0.3, 0.4) is 0 Å². The normalized spacial score (nSPS) is 9.88. The van der Waals surface area contributed by atoms with Crippen LogP contribution in [-0.4, -0.2) is 22.6 Å². The molecule has 4 nitrogen and oxygen atoms in total. The maximum atomic E-state index is 11.3. The SMILES string of the molecule is CCC(=O)C(=N)c1cc(Cl)cc(C(=O)O)c1. The highest BCUT2D eigenvalue weighted by Crippen LogP contribution is 2.16. The Labute approximate surface area is 97.4 Å². The predicted octanol–water partition coefficient (Wildman–Crippen LogP) is 2.39. The number of hydrogen-bond donors (Lipinski definition) is 2. The number of carbonyl (C=O) groups excluding carboxylic acids is 1. The molecule has 0 amide bonds. The van der Waals surface area contributed by atoms with E-state index in [1.807, 2.05) is 0 Å². The van der Waals surface area contributed by atoms with E-state index in [4.69, 9.17) is 22.1 Å². The van der Waals surface area contributed by atoms with Crippen molar-refractivity contribution in [3.63, 3.8) is 0 Å². The Hall–Kier alpha value is -1.68. The Bertz CT molecular complexity index is 468. The lowest BCUT2D eigenvalue weighted by Crippen LogP contribution is -2.13. The summed E-state index contributed by atoms with van der Waals surface area (Å²) in [5.74, 6) is -1.49. The number of hydrogen-bond acceptors (Lipinski definition) is 3. The molecule has 1 aromatic rings. The monoisotopic (exact) mass is 239 g/mol. The summed E-state index contributed by atoms with van der Waals surface area (Å²) >= 11 is 5.71. The Kier molecular flexibility index (Phi) is 3.79. The number of rotatable bonds is 4. The number of aromatic carboxylic acids is 1. The Morgan fingerprint density at radius 1 is 1.31 bits per heavy atom. The summed E-state index contributed by atoms with van der Waals surface area (Å²) in [5, 5.41) is 16.6. The molecular formula is C11H10ClNO3. The molecule has 84 valence electrons. The van der Waals surface area contributed by atoms with Gasteiger partial charge in [-0.05, 0) is 18.2 Å². The molecule has 0 atom stereocenters. The van der Waals surface area contributed by atoms with Crippen molar-refractivity contribution in [1.29, 1.82) is 5.41 Å². The molecule has 0 aliphatic rings. The van der Waals surface area contributed by atoms with Crippen LogP contribution in [0, 0.1) is 5.41 Å². The van der Waals surface area contributed by atoms with E-state index in [9.17, 15) is 9.59 Å². The molecule has 0 aliphatic heterocycles. The van der Waals surface area contributed by atoms with Gasteiger partial charge in [0.1, 0.15) is 5.71 Å². The molecule has 0 saturated carbocycles. The summed E-state index contributed by atoms with van der Waals surface area (Å²) in [7, 11) is 0. The average molecular weight is 240 g/mol. The molecule has 2 N–H and O–H groups in total. The van der Waals surface area contributed by atoms with E-state index in [-0.39, 0.29) is 34.1 Å². The van der Waals surface area contributed by atoms with Gasteiger partial charge in [0.25, 0.3) is 0 Å². The first kappa shape index (κ1) is 12.4. The van der Waals surface area contributed by atoms with Gasteiger partial charge in [-0.2, -0.15) is 0 Å². The lowest BCUT2D eigenvalue weighted by atomic mass is 10.0. The lowest BCUT2D eigenvalue weighted by Gasteiger charge is -2.04. The Morgan fingerprint density at radius 3 is 2.38 bits per heavy atom. The van der Waals surface area contributed by atoms with E-state index in [1.165, 1.54) is 18.2 Å². The molecule has 0 aliphatic carbocycles. The molecule has 5 heteroatoms. The minimum Gasteiger partial charge on any atom is -0.478 e. The Balaban J connectivity index is 3.20. The molecule has 0 spiro atoms. The van der Waals surface area contributed by atoms with Crippen LogP contribution in [0.2, 0.25) is 5.02 Å². The minimum atomic E-state index is -1.14. The lowest BCUT2D eigenvalue weighted by molar-refractivity contribution is -0.112. The zero-order valence-electron chi connectivity index (χ0n) is 8.58. The first-order valence-electron chi connectivity index (χ1n) is 4.61. The maximum absolute atomic E-state index is 11.3. The zero-order chi connectivity index (χ0) is 12.3. The number of Topliss-reactive ketones (excluding diaryl/α,β-unsaturated/α-hetero) is 1. The molecule has 16 heavy (non-hydrogen) atoms. The van der Waals surface area contributed by atoms with Crippen molar-refractivity contribution in [1.82, 2.24) is 0 Å².